The highest BCUT2D eigenvalue weighted by Gasteiger charge is 2.23. The molecule has 0 unspecified atom stereocenters. The van der Waals surface area contributed by atoms with Gasteiger partial charge in [0.1, 0.15) is 22.3 Å². The van der Waals surface area contributed by atoms with Crippen LogP contribution in [0.25, 0.3) is 11.3 Å². The molecule has 0 saturated heterocycles. The Bertz CT molecular complexity index is 603. The monoisotopic (exact) mass is 280 g/mol. The molecule has 1 aliphatic carbocycles. The van der Waals surface area contributed by atoms with Gasteiger partial charge in [-0.2, -0.15) is 0 Å². The Balaban J connectivity index is 2.02. The van der Waals surface area contributed by atoms with E-state index in [0.29, 0.717) is 16.6 Å². The van der Waals surface area contributed by atoms with Crippen LogP contribution in [0.1, 0.15) is 36.6 Å². The van der Waals surface area contributed by atoms with E-state index in [9.17, 15) is 8.78 Å². The molecule has 19 heavy (non-hydrogen) atoms. The first-order valence-corrected chi connectivity index (χ1v) is 7.18. The van der Waals surface area contributed by atoms with Crippen molar-refractivity contribution in [2.24, 2.45) is 0 Å². The Labute approximate surface area is 114 Å². The molecule has 100 valence electrons. The van der Waals surface area contributed by atoms with E-state index in [2.05, 4.69) is 4.98 Å². The Morgan fingerprint density at radius 2 is 1.95 bits per heavy atom. The zero-order valence-corrected chi connectivity index (χ0v) is 11.1. The van der Waals surface area contributed by atoms with Gasteiger partial charge in [0.2, 0.25) is 0 Å². The van der Waals surface area contributed by atoms with Crippen molar-refractivity contribution in [3.05, 3.63) is 34.8 Å². The van der Waals surface area contributed by atoms with Gasteiger partial charge in [0, 0.05) is 11.5 Å². The van der Waals surface area contributed by atoms with Crippen LogP contribution in [0.2, 0.25) is 0 Å². The van der Waals surface area contributed by atoms with Crippen LogP contribution in [-0.2, 0) is 0 Å². The third-order valence-corrected chi connectivity index (χ3v) is 4.60. The van der Waals surface area contributed by atoms with Gasteiger partial charge in [-0.15, -0.1) is 11.3 Å². The van der Waals surface area contributed by atoms with Gasteiger partial charge in [0.15, 0.2) is 0 Å². The molecule has 0 bridgehead atoms. The van der Waals surface area contributed by atoms with Gasteiger partial charge in [-0.25, -0.2) is 13.8 Å². The summed E-state index contributed by atoms with van der Waals surface area (Å²) in [4.78, 5) is 4.45. The molecule has 1 aromatic heterocycles. The number of halogens is 2. The number of hydrogen-bond acceptors (Lipinski definition) is 3. The summed E-state index contributed by atoms with van der Waals surface area (Å²) in [5.41, 5.74) is 6.46. The summed E-state index contributed by atoms with van der Waals surface area (Å²) < 4.78 is 27.0. The van der Waals surface area contributed by atoms with Crippen LogP contribution in [0.15, 0.2) is 18.2 Å². The third-order valence-electron chi connectivity index (χ3n) is 3.56. The average Bonchev–Trinajstić information content (AvgIpc) is 3.01. The van der Waals surface area contributed by atoms with E-state index >= 15 is 0 Å². The Kier molecular flexibility index (Phi) is 3.22. The minimum atomic E-state index is -0.489. The van der Waals surface area contributed by atoms with Crippen LogP contribution < -0.4 is 5.73 Å². The van der Waals surface area contributed by atoms with E-state index in [1.54, 1.807) is 0 Å². The summed E-state index contributed by atoms with van der Waals surface area (Å²) in [5, 5.41) is 1.42. The predicted molar refractivity (Wildman–Crippen MR) is 73.1 cm³/mol. The second-order valence-corrected chi connectivity index (χ2v) is 5.93. The number of nitrogens with zero attached hydrogens (tertiary/aromatic N) is 1. The van der Waals surface area contributed by atoms with E-state index in [4.69, 9.17) is 5.73 Å². The zero-order valence-electron chi connectivity index (χ0n) is 10.3. The summed E-state index contributed by atoms with van der Waals surface area (Å²) in [6.45, 7) is 0. The second-order valence-electron chi connectivity index (χ2n) is 4.87. The highest BCUT2D eigenvalue weighted by Crippen LogP contribution is 2.41. The van der Waals surface area contributed by atoms with Crippen molar-refractivity contribution in [2.45, 2.75) is 31.6 Å². The first kappa shape index (κ1) is 12.5. The second kappa shape index (κ2) is 4.89. The van der Waals surface area contributed by atoms with E-state index in [1.807, 2.05) is 0 Å². The quantitative estimate of drug-likeness (QED) is 0.889. The molecule has 0 aliphatic heterocycles. The molecular weight excluding hydrogens is 266 g/mol. The summed E-state index contributed by atoms with van der Waals surface area (Å²) in [7, 11) is 0. The predicted octanol–water partition coefficient (Wildman–Crippen LogP) is 4.33. The summed E-state index contributed by atoms with van der Waals surface area (Å²) >= 11 is 1.40. The van der Waals surface area contributed by atoms with Crippen LogP contribution >= 0.6 is 11.3 Å². The van der Waals surface area contributed by atoms with Gasteiger partial charge in [-0.3, -0.25) is 0 Å². The maximum atomic E-state index is 13.8. The largest absolute Gasteiger partial charge is 0.389 e. The number of rotatable bonds is 2. The van der Waals surface area contributed by atoms with Crippen LogP contribution in [0.5, 0.6) is 0 Å². The first-order valence-electron chi connectivity index (χ1n) is 6.37. The average molecular weight is 280 g/mol. The van der Waals surface area contributed by atoms with E-state index in [-0.39, 0.29) is 5.56 Å². The van der Waals surface area contributed by atoms with Crippen LogP contribution in [0.4, 0.5) is 13.8 Å². The molecule has 1 aliphatic rings. The van der Waals surface area contributed by atoms with Gasteiger partial charge in [-0.1, -0.05) is 12.8 Å². The highest BCUT2D eigenvalue weighted by atomic mass is 32.1. The van der Waals surface area contributed by atoms with Crippen molar-refractivity contribution in [1.82, 2.24) is 4.98 Å². The number of nitrogens with two attached hydrogens (primary N) is 1. The van der Waals surface area contributed by atoms with Crippen molar-refractivity contribution in [2.75, 3.05) is 5.73 Å². The molecule has 0 amide bonds. The molecule has 2 aromatic rings. The topological polar surface area (TPSA) is 38.9 Å². The van der Waals surface area contributed by atoms with Crippen molar-refractivity contribution in [3.63, 3.8) is 0 Å². The van der Waals surface area contributed by atoms with E-state index in [1.165, 1.54) is 24.2 Å². The molecule has 0 atom stereocenters. The maximum absolute atomic E-state index is 13.8. The van der Waals surface area contributed by atoms with Gasteiger partial charge >= 0.3 is 0 Å². The lowest BCUT2D eigenvalue weighted by molar-refractivity contribution is 0.602. The van der Waals surface area contributed by atoms with E-state index < -0.39 is 11.6 Å². The first-order chi connectivity index (χ1) is 9.15. The fraction of sp³-hybridized carbons (Fsp3) is 0.357. The molecule has 1 fully saturated rings. The molecular formula is C14H14F2N2S. The van der Waals surface area contributed by atoms with Gasteiger partial charge in [0.25, 0.3) is 0 Å². The fourth-order valence-electron chi connectivity index (χ4n) is 2.57. The van der Waals surface area contributed by atoms with Crippen molar-refractivity contribution < 1.29 is 8.78 Å². The molecule has 0 spiro atoms. The lowest BCUT2D eigenvalue weighted by Crippen LogP contribution is -1.93. The summed E-state index contributed by atoms with van der Waals surface area (Å²) in [6, 6.07) is 3.36. The normalized spacial score (nSPS) is 16.1. The number of hydrogen-bond donors (Lipinski definition) is 1. The van der Waals surface area contributed by atoms with Gasteiger partial charge < -0.3 is 5.73 Å². The van der Waals surface area contributed by atoms with Crippen molar-refractivity contribution in [3.8, 4) is 11.3 Å². The smallest absolute Gasteiger partial charge is 0.132 e. The number of aromatic nitrogens is 1. The number of thiazole rings is 1. The summed E-state index contributed by atoms with van der Waals surface area (Å²) in [6.07, 6.45) is 4.62. The minimum Gasteiger partial charge on any atom is -0.389 e. The summed E-state index contributed by atoms with van der Waals surface area (Å²) in [5.74, 6) is -0.541. The number of nitrogen functional groups attached to an aromatic ring is 1. The molecule has 3 rings (SSSR count). The van der Waals surface area contributed by atoms with Crippen molar-refractivity contribution in [1.29, 1.82) is 0 Å². The van der Waals surface area contributed by atoms with Crippen molar-refractivity contribution >= 4 is 16.3 Å². The fourth-order valence-corrected chi connectivity index (χ4v) is 3.59. The van der Waals surface area contributed by atoms with E-state index in [0.717, 1.165) is 36.0 Å². The Hall–Kier alpha value is -1.49. The third kappa shape index (κ3) is 2.34. The SMILES string of the molecule is Nc1sc(C2CCCC2)nc1-c1cc(F)ccc1F. The van der Waals surface area contributed by atoms with Gasteiger partial charge in [-0.05, 0) is 31.0 Å². The molecule has 1 aromatic carbocycles. The molecule has 2 N–H and O–H groups in total. The number of anilines is 1. The highest BCUT2D eigenvalue weighted by molar-refractivity contribution is 7.16. The minimum absolute atomic E-state index is 0.151. The lowest BCUT2D eigenvalue weighted by Gasteiger charge is -2.03. The van der Waals surface area contributed by atoms with Crippen LogP contribution in [0.3, 0.4) is 0 Å². The molecule has 5 heteroatoms. The van der Waals surface area contributed by atoms with Crippen LogP contribution in [0, 0.1) is 11.6 Å². The Morgan fingerprint density at radius 3 is 2.68 bits per heavy atom. The maximum Gasteiger partial charge on any atom is 0.132 e. The molecule has 1 heterocycles. The standard InChI is InChI=1S/C14H14F2N2S/c15-9-5-6-11(16)10(7-9)12-13(17)19-14(18-12)8-3-1-2-4-8/h5-8H,1-4,17H2. The molecule has 1 saturated carbocycles. The molecule has 2 nitrogen and oxygen atoms in total. The molecule has 0 radical (unpaired) electrons. The van der Waals surface area contributed by atoms with Gasteiger partial charge in [0.05, 0.1) is 5.01 Å². The Morgan fingerprint density at radius 1 is 1.21 bits per heavy atom. The number of benzene rings is 1. The van der Waals surface area contributed by atoms with Crippen LogP contribution in [-0.4, -0.2) is 4.98 Å². The lowest BCUT2D eigenvalue weighted by atomic mass is 10.1. The zero-order chi connectivity index (χ0) is 13.4.